The zero-order chi connectivity index (χ0) is 15.0. The molecule has 0 spiro atoms. The average molecular weight is 302 g/mol. The maximum atomic E-state index is 11.9. The van der Waals surface area contributed by atoms with E-state index in [9.17, 15) is 9.59 Å². The molecule has 6 heteroatoms. The number of nitrogens with one attached hydrogen (secondary N) is 2. The summed E-state index contributed by atoms with van der Waals surface area (Å²) in [5.41, 5.74) is 0. The predicted octanol–water partition coefficient (Wildman–Crippen LogP) is 2.60. The van der Waals surface area contributed by atoms with Crippen LogP contribution in [-0.4, -0.2) is 40.2 Å². The Morgan fingerprint density at radius 1 is 1.35 bits per heavy atom. The van der Waals surface area contributed by atoms with Gasteiger partial charge in [-0.3, -0.25) is 0 Å². The molecule has 116 valence electrons. The lowest BCUT2D eigenvalue weighted by atomic mass is 10.1. The minimum Gasteiger partial charge on any atom is -0.480 e. The van der Waals surface area contributed by atoms with Crippen LogP contribution in [0.4, 0.5) is 4.79 Å². The van der Waals surface area contributed by atoms with E-state index in [1.807, 2.05) is 18.7 Å². The van der Waals surface area contributed by atoms with E-state index in [-0.39, 0.29) is 12.1 Å². The van der Waals surface area contributed by atoms with E-state index >= 15 is 0 Å². The molecule has 3 N–H and O–H groups in total. The highest BCUT2D eigenvalue weighted by Crippen LogP contribution is 2.29. The summed E-state index contributed by atoms with van der Waals surface area (Å²) in [7, 11) is 0. The van der Waals surface area contributed by atoms with Crippen LogP contribution in [0.15, 0.2) is 0 Å². The number of hydrogen-bond acceptors (Lipinski definition) is 3. The van der Waals surface area contributed by atoms with Gasteiger partial charge in [0.2, 0.25) is 0 Å². The van der Waals surface area contributed by atoms with Crippen LogP contribution < -0.4 is 10.6 Å². The third-order valence-electron chi connectivity index (χ3n) is 3.60. The molecule has 0 saturated heterocycles. The maximum absolute atomic E-state index is 11.9. The van der Waals surface area contributed by atoms with E-state index < -0.39 is 12.0 Å². The van der Waals surface area contributed by atoms with E-state index in [4.69, 9.17) is 5.11 Å². The van der Waals surface area contributed by atoms with Crippen molar-refractivity contribution >= 4 is 23.8 Å². The van der Waals surface area contributed by atoms with Gasteiger partial charge in [-0.05, 0) is 25.0 Å². The second-order valence-corrected chi connectivity index (χ2v) is 6.70. The molecule has 0 aromatic rings. The third kappa shape index (κ3) is 5.61. The standard InChI is InChI=1S/C14H26N2O3S/c1-3-5-7-11(13(17)18)16-14(19)15-10-8-6-9-12(10)20-4-2/h10-12H,3-9H2,1-2H3,(H,17,18)(H2,15,16,19)/t10?,11-,12?/m0/s1. The first-order chi connectivity index (χ1) is 9.58. The van der Waals surface area contributed by atoms with Crippen molar-refractivity contribution in [2.45, 2.75) is 69.7 Å². The molecule has 1 fully saturated rings. The Kier molecular flexibility index (Phi) is 7.80. The van der Waals surface area contributed by atoms with Gasteiger partial charge in [0.05, 0.1) is 0 Å². The molecular formula is C14H26N2O3S. The van der Waals surface area contributed by atoms with Gasteiger partial charge in [-0.25, -0.2) is 9.59 Å². The van der Waals surface area contributed by atoms with Crippen LogP contribution in [-0.2, 0) is 4.79 Å². The first-order valence-electron chi connectivity index (χ1n) is 7.49. The molecule has 1 rings (SSSR count). The van der Waals surface area contributed by atoms with Crippen LogP contribution in [0.1, 0.15) is 52.4 Å². The van der Waals surface area contributed by atoms with Gasteiger partial charge in [-0.2, -0.15) is 11.8 Å². The summed E-state index contributed by atoms with van der Waals surface area (Å²) in [6.07, 6.45) is 5.44. The van der Waals surface area contributed by atoms with Gasteiger partial charge in [-0.1, -0.05) is 33.1 Å². The van der Waals surface area contributed by atoms with Crippen molar-refractivity contribution in [1.29, 1.82) is 0 Å². The van der Waals surface area contributed by atoms with Crippen molar-refractivity contribution in [1.82, 2.24) is 10.6 Å². The lowest BCUT2D eigenvalue weighted by Crippen LogP contribution is -2.50. The van der Waals surface area contributed by atoms with Gasteiger partial charge < -0.3 is 15.7 Å². The number of carboxylic acids is 1. The highest BCUT2D eigenvalue weighted by atomic mass is 32.2. The molecule has 0 heterocycles. The summed E-state index contributed by atoms with van der Waals surface area (Å²) in [6, 6.07) is -0.962. The molecule has 0 aliphatic heterocycles. The van der Waals surface area contributed by atoms with E-state index in [0.29, 0.717) is 11.7 Å². The van der Waals surface area contributed by atoms with E-state index in [2.05, 4.69) is 17.6 Å². The normalized spacial score (nSPS) is 23.3. The van der Waals surface area contributed by atoms with Crippen molar-refractivity contribution in [2.75, 3.05) is 5.75 Å². The molecule has 2 unspecified atom stereocenters. The van der Waals surface area contributed by atoms with Gasteiger partial charge in [0, 0.05) is 11.3 Å². The second kappa shape index (κ2) is 9.10. The number of rotatable bonds is 8. The molecule has 5 nitrogen and oxygen atoms in total. The van der Waals surface area contributed by atoms with Crippen LogP contribution in [0, 0.1) is 0 Å². The molecule has 0 radical (unpaired) electrons. The summed E-state index contributed by atoms with van der Waals surface area (Å²) < 4.78 is 0. The fraction of sp³-hybridized carbons (Fsp3) is 0.857. The maximum Gasteiger partial charge on any atom is 0.326 e. The molecule has 0 aromatic heterocycles. The molecular weight excluding hydrogens is 276 g/mol. The number of thioether (sulfide) groups is 1. The average Bonchev–Trinajstić information content (AvgIpc) is 2.82. The molecule has 1 aliphatic carbocycles. The lowest BCUT2D eigenvalue weighted by Gasteiger charge is -2.22. The number of carbonyl (C=O) groups is 2. The lowest BCUT2D eigenvalue weighted by molar-refractivity contribution is -0.139. The van der Waals surface area contributed by atoms with Crippen LogP contribution in [0.5, 0.6) is 0 Å². The molecule has 0 bridgehead atoms. The summed E-state index contributed by atoms with van der Waals surface area (Å²) in [4.78, 5) is 23.0. The SMILES string of the molecule is CCCC[C@H](NC(=O)NC1CCCC1SCC)C(=O)O. The van der Waals surface area contributed by atoms with Crippen LogP contribution in [0.2, 0.25) is 0 Å². The Morgan fingerprint density at radius 2 is 2.10 bits per heavy atom. The first kappa shape index (κ1) is 17.1. The van der Waals surface area contributed by atoms with E-state index in [1.54, 1.807) is 0 Å². The number of unbranched alkanes of at least 4 members (excludes halogenated alkanes) is 1. The van der Waals surface area contributed by atoms with Gasteiger partial charge in [0.15, 0.2) is 0 Å². The Hall–Kier alpha value is -0.910. The largest absolute Gasteiger partial charge is 0.480 e. The number of aliphatic carboxylic acids is 1. The zero-order valence-corrected chi connectivity index (χ0v) is 13.2. The minimum absolute atomic E-state index is 0.167. The summed E-state index contributed by atoms with van der Waals surface area (Å²) in [5, 5.41) is 15.1. The van der Waals surface area contributed by atoms with Crippen LogP contribution in [0.3, 0.4) is 0 Å². The van der Waals surface area contributed by atoms with Crippen molar-refractivity contribution in [2.24, 2.45) is 0 Å². The number of urea groups is 1. The second-order valence-electron chi connectivity index (χ2n) is 5.18. The zero-order valence-electron chi connectivity index (χ0n) is 12.4. The monoisotopic (exact) mass is 302 g/mol. The molecule has 2 amide bonds. The van der Waals surface area contributed by atoms with Crippen molar-refractivity contribution < 1.29 is 14.7 Å². The quantitative estimate of drug-likeness (QED) is 0.644. The number of hydrogen-bond donors (Lipinski definition) is 3. The topological polar surface area (TPSA) is 78.4 Å². The third-order valence-corrected chi connectivity index (χ3v) is 4.93. The van der Waals surface area contributed by atoms with Crippen LogP contribution in [0.25, 0.3) is 0 Å². The molecule has 3 atom stereocenters. The summed E-state index contributed by atoms with van der Waals surface area (Å²) in [6.45, 7) is 4.12. The van der Waals surface area contributed by atoms with Gasteiger partial charge in [0.25, 0.3) is 0 Å². The van der Waals surface area contributed by atoms with Crippen LogP contribution >= 0.6 is 11.8 Å². The van der Waals surface area contributed by atoms with Gasteiger partial charge in [-0.15, -0.1) is 0 Å². The number of carboxylic acid groups (broad SMARTS) is 1. The predicted molar refractivity (Wildman–Crippen MR) is 82.2 cm³/mol. The molecule has 0 aromatic carbocycles. The highest BCUT2D eigenvalue weighted by Gasteiger charge is 2.29. The molecule has 1 saturated carbocycles. The van der Waals surface area contributed by atoms with Crippen molar-refractivity contribution in [3.63, 3.8) is 0 Å². The molecule has 20 heavy (non-hydrogen) atoms. The Balaban J connectivity index is 2.42. The van der Waals surface area contributed by atoms with Crippen molar-refractivity contribution in [3.8, 4) is 0 Å². The fourth-order valence-corrected chi connectivity index (χ4v) is 3.74. The Labute approximate surface area is 125 Å². The van der Waals surface area contributed by atoms with E-state index in [1.165, 1.54) is 0 Å². The highest BCUT2D eigenvalue weighted by molar-refractivity contribution is 7.99. The van der Waals surface area contributed by atoms with E-state index in [0.717, 1.165) is 37.9 Å². The number of amides is 2. The minimum atomic E-state index is -0.959. The van der Waals surface area contributed by atoms with Gasteiger partial charge in [0.1, 0.15) is 6.04 Å². The van der Waals surface area contributed by atoms with Crippen molar-refractivity contribution in [3.05, 3.63) is 0 Å². The smallest absolute Gasteiger partial charge is 0.326 e. The summed E-state index contributed by atoms with van der Waals surface area (Å²) in [5.74, 6) is 0.0816. The summed E-state index contributed by atoms with van der Waals surface area (Å²) >= 11 is 1.87. The Bertz CT molecular complexity index is 326. The van der Waals surface area contributed by atoms with Gasteiger partial charge >= 0.3 is 12.0 Å². The first-order valence-corrected chi connectivity index (χ1v) is 8.54. The Morgan fingerprint density at radius 3 is 2.70 bits per heavy atom. The number of carbonyl (C=O) groups excluding carboxylic acids is 1. The fourth-order valence-electron chi connectivity index (χ4n) is 2.54. The molecule has 1 aliphatic rings.